The molecule has 4 aromatic rings. The fourth-order valence-electron chi connectivity index (χ4n) is 3.89. The molecular formula is C28H28FN3O4. The minimum Gasteiger partial charge on any atom is -0.489 e. The number of imidazole rings is 1. The van der Waals surface area contributed by atoms with Crippen LogP contribution in [0.5, 0.6) is 17.2 Å². The topological polar surface area (TPSA) is 99.6 Å². The number of aliphatic hydroxyl groups excluding tert-OH is 1. The number of rotatable bonds is 11. The Morgan fingerprint density at radius 2 is 1.72 bits per heavy atom. The molecule has 0 radical (unpaired) electrons. The molecule has 2 atom stereocenters. The number of para-hydroxylation sites is 1. The van der Waals surface area contributed by atoms with Gasteiger partial charge in [0.1, 0.15) is 35.4 Å². The zero-order valence-electron chi connectivity index (χ0n) is 19.9. The molecule has 186 valence electrons. The molecule has 7 nitrogen and oxygen atoms in total. The number of hydrogen-bond donors (Lipinski definition) is 2. The summed E-state index contributed by atoms with van der Waals surface area (Å²) < 4.78 is 26.6. The van der Waals surface area contributed by atoms with Crippen molar-refractivity contribution in [2.45, 2.75) is 38.5 Å². The Bertz CT molecular complexity index is 1290. The number of nitrogens with zero attached hydrogens (tertiary/aromatic N) is 2. The molecule has 0 spiro atoms. The number of primary amides is 1. The third-order valence-electron chi connectivity index (χ3n) is 5.84. The summed E-state index contributed by atoms with van der Waals surface area (Å²) in [4.78, 5) is 15.4. The summed E-state index contributed by atoms with van der Waals surface area (Å²) >= 11 is 0. The fourth-order valence-corrected chi connectivity index (χ4v) is 3.89. The second-order valence-corrected chi connectivity index (χ2v) is 8.51. The molecule has 0 fully saturated rings. The normalized spacial score (nSPS) is 12.6. The van der Waals surface area contributed by atoms with E-state index >= 15 is 0 Å². The Morgan fingerprint density at radius 3 is 2.36 bits per heavy atom. The number of aryl methyl sites for hydroxylation is 1. The standard InChI is InChI=1S/C28H28FN3O4/c1-19(33)26(32-16-25(28(30)34)31-18-32)15-8-21-4-2-3-5-27(21)35-17-20-6-11-23(12-7-20)36-24-13-9-22(29)10-14-24/h2-7,9-14,16,18-19,26,33H,8,15,17H2,1H3,(H2,30,34)/t19-,26+/m0/s1. The van der Waals surface area contributed by atoms with Gasteiger partial charge in [-0.15, -0.1) is 0 Å². The Balaban J connectivity index is 1.37. The lowest BCUT2D eigenvalue weighted by Crippen LogP contribution is -2.21. The number of carbonyl (C=O) groups excluding carboxylic acids is 1. The van der Waals surface area contributed by atoms with E-state index in [4.69, 9.17) is 15.2 Å². The van der Waals surface area contributed by atoms with Crippen molar-refractivity contribution in [3.8, 4) is 17.2 Å². The molecule has 8 heteroatoms. The van der Waals surface area contributed by atoms with Crippen LogP contribution in [0.2, 0.25) is 0 Å². The maximum Gasteiger partial charge on any atom is 0.268 e. The molecule has 36 heavy (non-hydrogen) atoms. The molecule has 0 aliphatic heterocycles. The highest BCUT2D eigenvalue weighted by molar-refractivity contribution is 5.90. The van der Waals surface area contributed by atoms with Crippen molar-refractivity contribution in [3.63, 3.8) is 0 Å². The molecule has 3 aromatic carbocycles. The molecule has 1 amide bonds. The molecule has 0 aliphatic carbocycles. The van der Waals surface area contributed by atoms with E-state index in [9.17, 15) is 14.3 Å². The fraction of sp³-hybridized carbons (Fsp3) is 0.214. The van der Waals surface area contributed by atoms with Gasteiger partial charge in [-0.25, -0.2) is 9.37 Å². The Labute approximate surface area is 208 Å². The molecule has 0 saturated carbocycles. The molecular weight excluding hydrogens is 461 g/mol. The first-order valence-electron chi connectivity index (χ1n) is 11.6. The minimum absolute atomic E-state index is 0.165. The monoisotopic (exact) mass is 489 g/mol. The molecule has 0 aliphatic rings. The third kappa shape index (κ3) is 6.49. The van der Waals surface area contributed by atoms with E-state index in [2.05, 4.69) is 4.98 Å². The number of aliphatic hydroxyl groups is 1. The van der Waals surface area contributed by atoms with Crippen LogP contribution in [0.15, 0.2) is 85.3 Å². The van der Waals surface area contributed by atoms with Gasteiger partial charge in [0.15, 0.2) is 0 Å². The first-order chi connectivity index (χ1) is 17.4. The van der Waals surface area contributed by atoms with Crippen LogP contribution in [0.1, 0.15) is 41.0 Å². The predicted molar refractivity (Wildman–Crippen MR) is 133 cm³/mol. The van der Waals surface area contributed by atoms with Crippen LogP contribution in [0.25, 0.3) is 0 Å². The largest absolute Gasteiger partial charge is 0.489 e. The maximum absolute atomic E-state index is 13.1. The third-order valence-corrected chi connectivity index (χ3v) is 5.84. The smallest absolute Gasteiger partial charge is 0.268 e. The van der Waals surface area contributed by atoms with Gasteiger partial charge in [-0.1, -0.05) is 30.3 Å². The summed E-state index contributed by atoms with van der Waals surface area (Å²) in [7, 11) is 0. The summed E-state index contributed by atoms with van der Waals surface area (Å²) in [5.41, 5.74) is 7.45. The van der Waals surface area contributed by atoms with Crippen LogP contribution in [0, 0.1) is 5.82 Å². The molecule has 3 N–H and O–H groups in total. The molecule has 1 aromatic heterocycles. The van der Waals surface area contributed by atoms with Crippen LogP contribution >= 0.6 is 0 Å². The Morgan fingerprint density at radius 1 is 1.06 bits per heavy atom. The number of aromatic nitrogens is 2. The van der Waals surface area contributed by atoms with Crippen LogP contribution < -0.4 is 15.2 Å². The number of nitrogens with two attached hydrogens (primary N) is 1. The first-order valence-corrected chi connectivity index (χ1v) is 11.6. The highest BCUT2D eigenvalue weighted by Crippen LogP contribution is 2.26. The summed E-state index contributed by atoms with van der Waals surface area (Å²) in [5, 5.41) is 10.3. The van der Waals surface area contributed by atoms with Crippen molar-refractivity contribution in [1.82, 2.24) is 9.55 Å². The number of amides is 1. The minimum atomic E-state index is -0.649. The summed E-state index contributed by atoms with van der Waals surface area (Å²) in [6, 6.07) is 20.9. The highest BCUT2D eigenvalue weighted by Gasteiger charge is 2.19. The molecule has 0 unspecified atom stereocenters. The second kappa shape index (κ2) is 11.5. The van der Waals surface area contributed by atoms with Crippen molar-refractivity contribution < 1.29 is 23.8 Å². The van der Waals surface area contributed by atoms with Crippen molar-refractivity contribution in [3.05, 3.63) is 108 Å². The van der Waals surface area contributed by atoms with E-state index in [0.717, 1.165) is 16.9 Å². The van der Waals surface area contributed by atoms with Crippen molar-refractivity contribution >= 4 is 5.91 Å². The number of hydrogen-bond acceptors (Lipinski definition) is 5. The van der Waals surface area contributed by atoms with Crippen LogP contribution in [-0.2, 0) is 13.0 Å². The molecule has 4 rings (SSSR count). The SMILES string of the molecule is C[C@H](O)[C@@H](CCc1ccccc1OCc1ccc(Oc2ccc(F)cc2)cc1)n1cnc(C(N)=O)c1. The van der Waals surface area contributed by atoms with Gasteiger partial charge in [-0.2, -0.15) is 0 Å². The van der Waals surface area contributed by atoms with Gasteiger partial charge in [-0.05, 0) is 73.4 Å². The van der Waals surface area contributed by atoms with Crippen LogP contribution in [0.4, 0.5) is 4.39 Å². The van der Waals surface area contributed by atoms with E-state index < -0.39 is 12.0 Å². The Hall–Kier alpha value is -4.17. The van der Waals surface area contributed by atoms with Crippen molar-refractivity contribution in [2.24, 2.45) is 5.73 Å². The van der Waals surface area contributed by atoms with E-state index in [1.165, 1.54) is 18.5 Å². The summed E-state index contributed by atoms with van der Waals surface area (Å²) in [6.07, 6.45) is 3.70. The highest BCUT2D eigenvalue weighted by atomic mass is 19.1. The molecule has 1 heterocycles. The van der Waals surface area contributed by atoms with Crippen LogP contribution in [-0.4, -0.2) is 26.7 Å². The van der Waals surface area contributed by atoms with E-state index in [-0.39, 0.29) is 17.6 Å². The average Bonchev–Trinajstić information content (AvgIpc) is 3.36. The van der Waals surface area contributed by atoms with Gasteiger partial charge in [0.25, 0.3) is 5.91 Å². The predicted octanol–water partition coefficient (Wildman–Crippen LogP) is 5.05. The number of benzene rings is 3. The zero-order chi connectivity index (χ0) is 25.5. The number of halogens is 1. The maximum atomic E-state index is 13.1. The van der Waals surface area contributed by atoms with E-state index in [1.54, 1.807) is 29.8 Å². The van der Waals surface area contributed by atoms with E-state index in [0.29, 0.717) is 30.9 Å². The lowest BCUT2D eigenvalue weighted by Gasteiger charge is -2.22. The number of carbonyl (C=O) groups is 1. The van der Waals surface area contributed by atoms with Crippen molar-refractivity contribution in [1.29, 1.82) is 0 Å². The van der Waals surface area contributed by atoms with Gasteiger partial charge >= 0.3 is 0 Å². The first kappa shape index (κ1) is 24.9. The Kier molecular flexibility index (Phi) is 7.97. The lowest BCUT2D eigenvalue weighted by atomic mass is 10.0. The zero-order valence-corrected chi connectivity index (χ0v) is 19.9. The molecule has 0 bridgehead atoms. The number of ether oxygens (including phenoxy) is 2. The van der Waals surface area contributed by atoms with Gasteiger partial charge in [0.2, 0.25) is 0 Å². The molecule has 0 saturated heterocycles. The van der Waals surface area contributed by atoms with E-state index in [1.807, 2.05) is 48.5 Å². The average molecular weight is 490 g/mol. The van der Waals surface area contributed by atoms with Gasteiger partial charge in [0, 0.05) is 6.20 Å². The lowest BCUT2D eigenvalue weighted by molar-refractivity contribution is 0.0994. The summed E-state index contributed by atoms with van der Waals surface area (Å²) in [5.74, 6) is 1.06. The van der Waals surface area contributed by atoms with Gasteiger partial charge < -0.3 is 24.9 Å². The van der Waals surface area contributed by atoms with Crippen molar-refractivity contribution in [2.75, 3.05) is 0 Å². The second-order valence-electron chi connectivity index (χ2n) is 8.51. The quantitative estimate of drug-likeness (QED) is 0.307. The van der Waals surface area contributed by atoms with Gasteiger partial charge in [-0.3, -0.25) is 4.79 Å². The van der Waals surface area contributed by atoms with Gasteiger partial charge in [0.05, 0.1) is 18.5 Å². The summed E-state index contributed by atoms with van der Waals surface area (Å²) in [6.45, 7) is 2.08. The van der Waals surface area contributed by atoms with Crippen LogP contribution in [0.3, 0.4) is 0 Å².